The van der Waals surface area contributed by atoms with Crippen molar-refractivity contribution in [2.45, 2.75) is 44.8 Å². The van der Waals surface area contributed by atoms with E-state index in [4.69, 9.17) is 4.74 Å². The fraction of sp³-hybridized carbons (Fsp3) is 0.750. The number of aryl methyl sites for hydroxylation is 2. The Morgan fingerprint density at radius 2 is 2.31 bits per heavy atom. The van der Waals surface area contributed by atoms with Gasteiger partial charge in [0.1, 0.15) is 0 Å². The lowest BCUT2D eigenvalue weighted by Crippen LogP contribution is -2.50. The van der Waals surface area contributed by atoms with E-state index in [0.717, 1.165) is 30.8 Å². The standard InChI is InChI=1S/C12H20N2O2/c1-4-16-11-7-12(15,8-11)6-10-5-9(2)13-14(10)3/h5,11,15H,4,6-8H2,1-3H3. The fourth-order valence-electron chi connectivity index (χ4n) is 2.45. The van der Waals surface area contributed by atoms with Crippen LogP contribution in [0.15, 0.2) is 6.07 Å². The van der Waals surface area contributed by atoms with Gasteiger partial charge in [-0.2, -0.15) is 5.10 Å². The molecule has 0 bridgehead atoms. The molecule has 2 rings (SSSR count). The molecule has 0 radical (unpaired) electrons. The number of hydrogen-bond donors (Lipinski definition) is 1. The van der Waals surface area contributed by atoms with Crippen molar-refractivity contribution in [1.29, 1.82) is 0 Å². The molecular weight excluding hydrogens is 204 g/mol. The Kier molecular flexibility index (Phi) is 3.04. The van der Waals surface area contributed by atoms with Crippen LogP contribution in [0.4, 0.5) is 0 Å². The van der Waals surface area contributed by atoms with Crippen LogP contribution in [0.5, 0.6) is 0 Å². The maximum absolute atomic E-state index is 10.3. The maximum Gasteiger partial charge on any atom is 0.0752 e. The number of hydrogen-bond acceptors (Lipinski definition) is 3. The van der Waals surface area contributed by atoms with Gasteiger partial charge in [-0.25, -0.2) is 0 Å². The summed E-state index contributed by atoms with van der Waals surface area (Å²) in [5.41, 5.74) is 1.51. The van der Waals surface area contributed by atoms with Crippen molar-refractivity contribution >= 4 is 0 Å². The Labute approximate surface area is 96.2 Å². The van der Waals surface area contributed by atoms with Crippen LogP contribution >= 0.6 is 0 Å². The quantitative estimate of drug-likeness (QED) is 0.836. The number of aliphatic hydroxyl groups is 1. The third-order valence-corrected chi connectivity index (χ3v) is 3.23. The molecule has 0 unspecified atom stereocenters. The molecule has 0 aliphatic heterocycles. The van der Waals surface area contributed by atoms with Crippen LogP contribution in [0.2, 0.25) is 0 Å². The SMILES string of the molecule is CCOC1CC(O)(Cc2cc(C)nn2C)C1. The second-order valence-electron chi connectivity index (χ2n) is 4.79. The number of rotatable bonds is 4. The van der Waals surface area contributed by atoms with Gasteiger partial charge in [-0.1, -0.05) is 0 Å². The first-order valence-electron chi connectivity index (χ1n) is 5.86. The topological polar surface area (TPSA) is 47.3 Å². The highest BCUT2D eigenvalue weighted by atomic mass is 16.5. The first kappa shape index (κ1) is 11.6. The minimum atomic E-state index is -0.583. The van der Waals surface area contributed by atoms with E-state index >= 15 is 0 Å². The third-order valence-electron chi connectivity index (χ3n) is 3.23. The highest BCUT2D eigenvalue weighted by Crippen LogP contribution is 2.37. The zero-order chi connectivity index (χ0) is 11.8. The van der Waals surface area contributed by atoms with Crippen LogP contribution in [-0.2, 0) is 18.2 Å². The molecule has 1 N–H and O–H groups in total. The molecule has 1 aliphatic carbocycles. The Morgan fingerprint density at radius 1 is 1.62 bits per heavy atom. The van der Waals surface area contributed by atoms with Crippen LogP contribution in [0, 0.1) is 6.92 Å². The molecule has 16 heavy (non-hydrogen) atoms. The number of nitrogens with zero attached hydrogens (tertiary/aromatic N) is 2. The predicted molar refractivity (Wildman–Crippen MR) is 61.2 cm³/mol. The average molecular weight is 224 g/mol. The first-order chi connectivity index (χ1) is 7.52. The number of aromatic nitrogens is 2. The molecule has 0 atom stereocenters. The smallest absolute Gasteiger partial charge is 0.0752 e. The van der Waals surface area contributed by atoms with E-state index in [1.165, 1.54) is 0 Å². The van der Waals surface area contributed by atoms with E-state index in [0.29, 0.717) is 6.42 Å². The molecule has 0 saturated heterocycles. The minimum absolute atomic E-state index is 0.240. The summed E-state index contributed by atoms with van der Waals surface area (Å²) < 4.78 is 7.31. The van der Waals surface area contributed by atoms with Crippen molar-refractivity contribution in [3.63, 3.8) is 0 Å². The van der Waals surface area contributed by atoms with E-state index in [1.54, 1.807) is 0 Å². The van der Waals surface area contributed by atoms with Crippen molar-refractivity contribution in [3.05, 3.63) is 17.5 Å². The lowest BCUT2D eigenvalue weighted by molar-refractivity contribution is -0.136. The minimum Gasteiger partial charge on any atom is -0.389 e. The normalized spacial score (nSPS) is 29.1. The van der Waals surface area contributed by atoms with Crippen molar-refractivity contribution in [1.82, 2.24) is 9.78 Å². The molecule has 1 aromatic heterocycles. The van der Waals surface area contributed by atoms with E-state index in [9.17, 15) is 5.11 Å². The Hall–Kier alpha value is -0.870. The zero-order valence-electron chi connectivity index (χ0n) is 10.2. The molecule has 4 nitrogen and oxygen atoms in total. The highest BCUT2D eigenvalue weighted by Gasteiger charge is 2.43. The largest absolute Gasteiger partial charge is 0.389 e. The second-order valence-corrected chi connectivity index (χ2v) is 4.79. The molecular formula is C12H20N2O2. The van der Waals surface area contributed by atoms with Crippen LogP contribution in [0.1, 0.15) is 31.2 Å². The Bertz CT molecular complexity index is 367. The summed E-state index contributed by atoms with van der Waals surface area (Å²) in [4.78, 5) is 0. The molecule has 4 heteroatoms. The Balaban J connectivity index is 1.94. The predicted octanol–water partition coefficient (Wildman–Crippen LogP) is 1.20. The van der Waals surface area contributed by atoms with Crippen LogP contribution in [0.3, 0.4) is 0 Å². The highest BCUT2D eigenvalue weighted by molar-refractivity contribution is 5.13. The molecule has 0 aromatic carbocycles. The summed E-state index contributed by atoms with van der Waals surface area (Å²) in [6.45, 7) is 4.69. The summed E-state index contributed by atoms with van der Waals surface area (Å²) in [6, 6.07) is 2.03. The van der Waals surface area contributed by atoms with Crippen molar-refractivity contribution < 1.29 is 9.84 Å². The summed E-state index contributed by atoms with van der Waals surface area (Å²) in [6.07, 6.45) is 2.40. The van der Waals surface area contributed by atoms with Crippen molar-refractivity contribution in [3.8, 4) is 0 Å². The zero-order valence-corrected chi connectivity index (χ0v) is 10.2. The second kappa shape index (κ2) is 4.18. The monoisotopic (exact) mass is 224 g/mol. The molecule has 0 spiro atoms. The van der Waals surface area contributed by atoms with Gasteiger partial charge in [0.15, 0.2) is 0 Å². The molecule has 1 heterocycles. The summed E-state index contributed by atoms with van der Waals surface area (Å²) in [5.74, 6) is 0. The van der Waals surface area contributed by atoms with E-state index < -0.39 is 5.60 Å². The lowest BCUT2D eigenvalue weighted by Gasteiger charge is -2.43. The van der Waals surface area contributed by atoms with Crippen LogP contribution in [0.25, 0.3) is 0 Å². The Morgan fingerprint density at radius 3 is 2.81 bits per heavy atom. The first-order valence-corrected chi connectivity index (χ1v) is 5.86. The van der Waals surface area contributed by atoms with Gasteiger partial charge >= 0.3 is 0 Å². The molecule has 1 aromatic rings. The van der Waals surface area contributed by atoms with Crippen LogP contribution < -0.4 is 0 Å². The van der Waals surface area contributed by atoms with Gasteiger partial charge in [0.05, 0.1) is 17.4 Å². The van der Waals surface area contributed by atoms with E-state index in [-0.39, 0.29) is 6.10 Å². The van der Waals surface area contributed by atoms with Gasteiger partial charge in [-0.05, 0) is 19.9 Å². The number of ether oxygens (including phenoxy) is 1. The van der Waals surface area contributed by atoms with E-state index in [1.807, 2.05) is 31.6 Å². The van der Waals surface area contributed by atoms with Gasteiger partial charge in [-0.15, -0.1) is 0 Å². The summed E-state index contributed by atoms with van der Waals surface area (Å²) >= 11 is 0. The van der Waals surface area contributed by atoms with Gasteiger partial charge in [0.2, 0.25) is 0 Å². The summed E-state index contributed by atoms with van der Waals surface area (Å²) in [7, 11) is 1.92. The van der Waals surface area contributed by atoms with Gasteiger partial charge in [0.25, 0.3) is 0 Å². The molecule has 1 fully saturated rings. The third kappa shape index (κ3) is 2.28. The van der Waals surface area contributed by atoms with E-state index in [2.05, 4.69) is 5.10 Å². The van der Waals surface area contributed by atoms with Gasteiger partial charge in [0, 0.05) is 38.6 Å². The van der Waals surface area contributed by atoms with Crippen LogP contribution in [-0.4, -0.2) is 33.2 Å². The molecule has 90 valence electrons. The van der Waals surface area contributed by atoms with Gasteiger partial charge in [-0.3, -0.25) is 4.68 Å². The average Bonchev–Trinajstić information content (AvgIpc) is 2.43. The maximum atomic E-state index is 10.3. The lowest BCUT2D eigenvalue weighted by atomic mass is 9.74. The molecule has 0 amide bonds. The molecule has 1 saturated carbocycles. The van der Waals surface area contributed by atoms with Crippen molar-refractivity contribution in [2.75, 3.05) is 6.61 Å². The van der Waals surface area contributed by atoms with Gasteiger partial charge < -0.3 is 9.84 Å². The summed E-state index contributed by atoms with van der Waals surface area (Å²) in [5, 5.41) is 14.6. The van der Waals surface area contributed by atoms with Crippen molar-refractivity contribution in [2.24, 2.45) is 7.05 Å². The molecule has 1 aliphatic rings. The fourth-order valence-corrected chi connectivity index (χ4v) is 2.45.